The minimum Gasteiger partial charge on any atom is -0.481 e. The molecule has 0 radical (unpaired) electrons. The summed E-state index contributed by atoms with van der Waals surface area (Å²) in [4.78, 5) is 16.7. The minimum absolute atomic E-state index is 0.0738. The Labute approximate surface area is 169 Å². The normalized spacial score (nSPS) is 10.8. The van der Waals surface area contributed by atoms with E-state index in [2.05, 4.69) is 15.4 Å². The molecule has 0 atom stereocenters. The van der Waals surface area contributed by atoms with Crippen LogP contribution in [0.3, 0.4) is 0 Å². The minimum atomic E-state index is -0.0738. The van der Waals surface area contributed by atoms with Gasteiger partial charge in [0.05, 0.1) is 31.1 Å². The predicted molar refractivity (Wildman–Crippen MR) is 109 cm³/mol. The first kappa shape index (κ1) is 19.9. The van der Waals surface area contributed by atoms with Crippen LogP contribution in [-0.2, 0) is 17.8 Å². The molecular formula is C21H23ClN4O2. The number of hydrogen-bond donors (Lipinski definition) is 1. The van der Waals surface area contributed by atoms with E-state index in [1.807, 2.05) is 45.0 Å². The number of pyridine rings is 1. The molecule has 7 heteroatoms. The van der Waals surface area contributed by atoms with Gasteiger partial charge in [-0.25, -0.2) is 9.67 Å². The summed E-state index contributed by atoms with van der Waals surface area (Å²) in [5.41, 5.74) is 5.44. The van der Waals surface area contributed by atoms with E-state index in [1.165, 1.54) is 0 Å². The fraction of sp³-hybridized carbons (Fsp3) is 0.286. The number of ether oxygens (including phenoxy) is 1. The van der Waals surface area contributed by atoms with Crippen LogP contribution in [0.1, 0.15) is 28.1 Å². The first-order valence-electron chi connectivity index (χ1n) is 8.96. The molecule has 0 fully saturated rings. The number of nitrogens with one attached hydrogen (secondary N) is 1. The summed E-state index contributed by atoms with van der Waals surface area (Å²) in [7, 11) is 1.58. The summed E-state index contributed by atoms with van der Waals surface area (Å²) < 4.78 is 6.88. The van der Waals surface area contributed by atoms with Gasteiger partial charge in [-0.15, -0.1) is 0 Å². The summed E-state index contributed by atoms with van der Waals surface area (Å²) in [6.07, 6.45) is 1.95. The standard InChI is InChI=1S/C21H23ClN4O2/c1-13-5-6-16(19(22)9-13)11-23-20(27)10-18-14(2)25-26(15(18)3)17-7-8-21(28-4)24-12-17/h5-9,12H,10-11H2,1-4H3,(H,23,27). The molecule has 0 aliphatic heterocycles. The van der Waals surface area contributed by atoms with Crippen molar-refractivity contribution in [2.24, 2.45) is 0 Å². The third kappa shape index (κ3) is 4.34. The Bertz CT molecular complexity index is 996. The average molecular weight is 399 g/mol. The SMILES string of the molecule is COc1ccc(-n2nc(C)c(CC(=O)NCc3ccc(C)cc3Cl)c2C)cn1. The Morgan fingerprint density at radius 3 is 2.64 bits per heavy atom. The molecule has 6 nitrogen and oxygen atoms in total. The highest BCUT2D eigenvalue weighted by Gasteiger charge is 2.16. The number of halogens is 1. The maximum Gasteiger partial charge on any atom is 0.224 e. The third-order valence-corrected chi connectivity index (χ3v) is 4.99. The summed E-state index contributed by atoms with van der Waals surface area (Å²) in [6.45, 7) is 6.23. The molecule has 2 aromatic heterocycles. The van der Waals surface area contributed by atoms with Crippen LogP contribution in [0.5, 0.6) is 5.88 Å². The van der Waals surface area contributed by atoms with Gasteiger partial charge in [0.25, 0.3) is 0 Å². The molecular weight excluding hydrogens is 376 g/mol. The highest BCUT2D eigenvalue weighted by atomic mass is 35.5. The molecule has 0 saturated carbocycles. The molecule has 1 amide bonds. The molecule has 0 spiro atoms. The lowest BCUT2D eigenvalue weighted by Crippen LogP contribution is -2.25. The van der Waals surface area contributed by atoms with E-state index in [9.17, 15) is 4.79 Å². The number of aromatic nitrogens is 3. The Balaban J connectivity index is 1.71. The molecule has 1 N–H and O–H groups in total. The van der Waals surface area contributed by atoms with Crippen molar-refractivity contribution in [1.29, 1.82) is 0 Å². The van der Waals surface area contributed by atoms with Crippen molar-refractivity contribution in [3.05, 3.63) is 69.6 Å². The number of nitrogens with zero attached hydrogens (tertiary/aromatic N) is 3. The molecule has 0 aliphatic rings. The van der Waals surface area contributed by atoms with Gasteiger partial charge in [0.15, 0.2) is 0 Å². The second kappa shape index (κ2) is 8.44. The number of carbonyl (C=O) groups excluding carboxylic acids is 1. The van der Waals surface area contributed by atoms with Gasteiger partial charge < -0.3 is 10.1 Å². The molecule has 0 bridgehead atoms. The average Bonchev–Trinajstić information content (AvgIpc) is 2.95. The van der Waals surface area contributed by atoms with Gasteiger partial charge in [0.1, 0.15) is 0 Å². The highest BCUT2D eigenvalue weighted by Crippen LogP contribution is 2.20. The monoisotopic (exact) mass is 398 g/mol. The Morgan fingerprint density at radius 1 is 1.21 bits per heavy atom. The van der Waals surface area contributed by atoms with E-state index in [-0.39, 0.29) is 12.3 Å². The summed E-state index contributed by atoms with van der Waals surface area (Å²) in [5, 5.41) is 8.16. The van der Waals surface area contributed by atoms with Crippen LogP contribution >= 0.6 is 11.6 Å². The molecule has 3 aromatic rings. The zero-order valence-electron chi connectivity index (χ0n) is 16.4. The summed E-state index contributed by atoms with van der Waals surface area (Å²) in [5.74, 6) is 0.467. The Hall–Kier alpha value is -2.86. The number of carbonyl (C=O) groups is 1. The second-order valence-electron chi connectivity index (χ2n) is 6.67. The van der Waals surface area contributed by atoms with Crippen molar-refractivity contribution in [3.8, 4) is 11.6 Å². The van der Waals surface area contributed by atoms with E-state index in [0.717, 1.165) is 33.8 Å². The van der Waals surface area contributed by atoms with Gasteiger partial charge in [-0.1, -0.05) is 23.7 Å². The lowest BCUT2D eigenvalue weighted by atomic mass is 10.1. The van der Waals surface area contributed by atoms with Crippen molar-refractivity contribution >= 4 is 17.5 Å². The maximum absolute atomic E-state index is 12.5. The number of rotatable bonds is 6. The molecule has 3 rings (SSSR count). The van der Waals surface area contributed by atoms with Crippen LogP contribution in [0.25, 0.3) is 5.69 Å². The fourth-order valence-electron chi connectivity index (χ4n) is 3.01. The number of methoxy groups -OCH3 is 1. The van der Waals surface area contributed by atoms with Crippen molar-refractivity contribution in [2.45, 2.75) is 33.7 Å². The topological polar surface area (TPSA) is 69.0 Å². The van der Waals surface area contributed by atoms with Crippen LogP contribution in [-0.4, -0.2) is 27.8 Å². The van der Waals surface area contributed by atoms with E-state index < -0.39 is 0 Å². The van der Waals surface area contributed by atoms with Gasteiger partial charge in [-0.2, -0.15) is 5.10 Å². The first-order valence-corrected chi connectivity index (χ1v) is 9.34. The summed E-state index contributed by atoms with van der Waals surface area (Å²) in [6, 6.07) is 9.47. The van der Waals surface area contributed by atoms with E-state index in [1.54, 1.807) is 24.1 Å². The molecule has 0 saturated heterocycles. The molecule has 146 valence electrons. The Morgan fingerprint density at radius 2 is 2.00 bits per heavy atom. The smallest absolute Gasteiger partial charge is 0.224 e. The van der Waals surface area contributed by atoms with Crippen molar-refractivity contribution in [1.82, 2.24) is 20.1 Å². The number of benzene rings is 1. The van der Waals surface area contributed by atoms with Gasteiger partial charge >= 0.3 is 0 Å². The predicted octanol–water partition coefficient (Wildman–Crippen LogP) is 3.71. The fourth-order valence-corrected chi connectivity index (χ4v) is 3.32. The van der Waals surface area contributed by atoms with Crippen LogP contribution in [0, 0.1) is 20.8 Å². The second-order valence-corrected chi connectivity index (χ2v) is 7.08. The largest absolute Gasteiger partial charge is 0.481 e. The molecule has 0 unspecified atom stereocenters. The van der Waals surface area contributed by atoms with Gasteiger partial charge in [0, 0.05) is 28.9 Å². The molecule has 1 aromatic carbocycles. The zero-order valence-corrected chi connectivity index (χ0v) is 17.2. The zero-order chi connectivity index (χ0) is 20.3. The van der Waals surface area contributed by atoms with Crippen LogP contribution in [0.2, 0.25) is 5.02 Å². The molecule has 2 heterocycles. The number of amides is 1. The van der Waals surface area contributed by atoms with Gasteiger partial charge in [0.2, 0.25) is 11.8 Å². The number of aryl methyl sites for hydroxylation is 2. The van der Waals surface area contributed by atoms with Crippen LogP contribution in [0.4, 0.5) is 0 Å². The highest BCUT2D eigenvalue weighted by molar-refractivity contribution is 6.31. The van der Waals surface area contributed by atoms with E-state index >= 15 is 0 Å². The molecule has 0 aliphatic carbocycles. The lowest BCUT2D eigenvalue weighted by Gasteiger charge is -2.09. The van der Waals surface area contributed by atoms with Gasteiger partial charge in [-0.05, 0) is 44.0 Å². The van der Waals surface area contributed by atoms with Crippen LogP contribution < -0.4 is 10.1 Å². The first-order chi connectivity index (χ1) is 13.4. The lowest BCUT2D eigenvalue weighted by molar-refractivity contribution is -0.120. The molecule has 28 heavy (non-hydrogen) atoms. The quantitative estimate of drug-likeness (QED) is 0.687. The number of hydrogen-bond acceptors (Lipinski definition) is 4. The van der Waals surface area contributed by atoms with Crippen molar-refractivity contribution in [2.75, 3.05) is 7.11 Å². The Kier molecular flexibility index (Phi) is 5.99. The van der Waals surface area contributed by atoms with E-state index in [4.69, 9.17) is 16.3 Å². The maximum atomic E-state index is 12.5. The third-order valence-electron chi connectivity index (χ3n) is 4.64. The van der Waals surface area contributed by atoms with Crippen molar-refractivity contribution < 1.29 is 9.53 Å². The van der Waals surface area contributed by atoms with Crippen LogP contribution in [0.15, 0.2) is 36.5 Å². The van der Waals surface area contributed by atoms with E-state index in [0.29, 0.717) is 17.4 Å². The summed E-state index contributed by atoms with van der Waals surface area (Å²) >= 11 is 6.24. The van der Waals surface area contributed by atoms with Crippen molar-refractivity contribution in [3.63, 3.8) is 0 Å². The van der Waals surface area contributed by atoms with Gasteiger partial charge in [-0.3, -0.25) is 4.79 Å².